The summed E-state index contributed by atoms with van der Waals surface area (Å²) >= 11 is 0. The quantitative estimate of drug-likeness (QED) is 0.852. The molecule has 1 aliphatic rings. The minimum Gasteiger partial charge on any atom is -0.487 e. The number of rotatable bonds is 4. The Kier molecular flexibility index (Phi) is 4.44. The molecule has 4 nitrogen and oxygen atoms in total. The summed E-state index contributed by atoms with van der Waals surface area (Å²) in [4.78, 5) is 0. The predicted molar refractivity (Wildman–Crippen MR) is 70.0 cm³/mol. The van der Waals surface area contributed by atoms with Crippen molar-refractivity contribution in [1.82, 2.24) is 5.32 Å². The lowest BCUT2D eigenvalue weighted by Crippen LogP contribution is -2.22. The third-order valence-corrected chi connectivity index (χ3v) is 2.75. The van der Waals surface area contributed by atoms with Crippen LogP contribution >= 0.6 is 0 Å². The zero-order valence-corrected chi connectivity index (χ0v) is 11.0. The summed E-state index contributed by atoms with van der Waals surface area (Å²) < 4.78 is 11.0. The van der Waals surface area contributed by atoms with Crippen molar-refractivity contribution in [3.05, 3.63) is 23.8 Å². The van der Waals surface area contributed by atoms with Gasteiger partial charge < -0.3 is 19.9 Å². The van der Waals surface area contributed by atoms with Gasteiger partial charge in [0.15, 0.2) is 11.5 Å². The summed E-state index contributed by atoms with van der Waals surface area (Å²) in [6.07, 6.45) is -0.556. The van der Waals surface area contributed by atoms with Gasteiger partial charge in [-0.15, -0.1) is 0 Å². The lowest BCUT2D eigenvalue weighted by molar-refractivity contribution is 0.0802. The highest BCUT2D eigenvalue weighted by atomic mass is 16.5. The van der Waals surface area contributed by atoms with Crippen molar-refractivity contribution in [3.63, 3.8) is 0 Å². The molecule has 0 bridgehead atoms. The topological polar surface area (TPSA) is 50.7 Å². The molecule has 4 heteroatoms. The monoisotopic (exact) mass is 251 g/mol. The highest BCUT2D eigenvalue weighted by molar-refractivity contribution is 5.43. The zero-order chi connectivity index (χ0) is 13.0. The highest BCUT2D eigenvalue weighted by Gasteiger charge is 2.16. The van der Waals surface area contributed by atoms with Crippen LogP contribution in [0.25, 0.3) is 0 Å². The van der Waals surface area contributed by atoms with Crippen LogP contribution in [0.15, 0.2) is 18.2 Å². The van der Waals surface area contributed by atoms with Crippen LogP contribution in [-0.4, -0.2) is 31.0 Å². The molecule has 2 rings (SSSR count). The van der Waals surface area contributed by atoms with Gasteiger partial charge in [-0.2, -0.15) is 0 Å². The van der Waals surface area contributed by atoms with E-state index in [0.29, 0.717) is 11.7 Å². The van der Waals surface area contributed by atoms with E-state index in [0.717, 1.165) is 24.4 Å². The molecule has 0 amide bonds. The Morgan fingerprint density at radius 2 is 2.00 bits per heavy atom. The van der Waals surface area contributed by atoms with Gasteiger partial charge in [0.05, 0.1) is 0 Å². The molecule has 0 spiro atoms. The highest BCUT2D eigenvalue weighted by Crippen LogP contribution is 2.30. The maximum absolute atomic E-state index is 9.47. The molecule has 1 aromatic carbocycles. The van der Waals surface area contributed by atoms with Crippen molar-refractivity contribution < 1.29 is 14.6 Å². The Morgan fingerprint density at radius 3 is 2.72 bits per heavy atom. The Bertz CT molecular complexity index is 393. The number of fused-ring (bicyclic) bond motifs is 1. The summed E-state index contributed by atoms with van der Waals surface area (Å²) in [6, 6.07) is 5.90. The van der Waals surface area contributed by atoms with E-state index >= 15 is 0 Å². The SMILES string of the molecule is CC(C)CNCc1ccc2c(c1)OC[C@H](O)CO2. The largest absolute Gasteiger partial charge is 0.487 e. The fraction of sp³-hybridized carbons (Fsp3) is 0.571. The van der Waals surface area contributed by atoms with Crippen molar-refractivity contribution >= 4 is 0 Å². The normalized spacial score (nSPS) is 18.8. The second-order valence-corrected chi connectivity index (χ2v) is 5.08. The van der Waals surface area contributed by atoms with E-state index < -0.39 is 6.10 Å². The Labute approximate surface area is 108 Å². The molecule has 0 aliphatic carbocycles. The van der Waals surface area contributed by atoms with E-state index in [1.54, 1.807) is 0 Å². The summed E-state index contributed by atoms with van der Waals surface area (Å²) in [5.74, 6) is 2.06. The lowest BCUT2D eigenvalue weighted by Gasteiger charge is -2.11. The number of benzene rings is 1. The molecular formula is C14H21NO3. The minimum atomic E-state index is -0.556. The van der Waals surface area contributed by atoms with E-state index in [4.69, 9.17) is 9.47 Å². The van der Waals surface area contributed by atoms with Crippen LogP contribution in [0, 0.1) is 5.92 Å². The van der Waals surface area contributed by atoms with E-state index in [9.17, 15) is 5.11 Å². The van der Waals surface area contributed by atoms with E-state index in [1.165, 1.54) is 0 Å². The predicted octanol–water partition coefficient (Wildman–Crippen LogP) is 1.56. The molecule has 0 saturated heterocycles. The summed E-state index contributed by atoms with van der Waals surface area (Å²) in [7, 11) is 0. The van der Waals surface area contributed by atoms with Crippen molar-refractivity contribution in [2.24, 2.45) is 5.92 Å². The van der Waals surface area contributed by atoms with Gasteiger partial charge in [0.1, 0.15) is 19.3 Å². The Hall–Kier alpha value is -1.26. The van der Waals surface area contributed by atoms with Crippen molar-refractivity contribution in [2.75, 3.05) is 19.8 Å². The van der Waals surface area contributed by atoms with Gasteiger partial charge in [-0.05, 0) is 30.2 Å². The molecule has 1 heterocycles. The third-order valence-electron chi connectivity index (χ3n) is 2.75. The fourth-order valence-corrected chi connectivity index (χ4v) is 1.82. The number of aliphatic hydroxyl groups is 1. The second kappa shape index (κ2) is 6.07. The summed E-state index contributed by atoms with van der Waals surface area (Å²) in [5.41, 5.74) is 1.16. The Balaban J connectivity index is 1.98. The summed E-state index contributed by atoms with van der Waals surface area (Å²) in [6.45, 7) is 6.75. The van der Waals surface area contributed by atoms with Crippen LogP contribution < -0.4 is 14.8 Å². The van der Waals surface area contributed by atoms with Crippen LogP contribution in [-0.2, 0) is 6.54 Å². The molecule has 18 heavy (non-hydrogen) atoms. The molecular weight excluding hydrogens is 230 g/mol. The lowest BCUT2D eigenvalue weighted by atomic mass is 10.2. The Morgan fingerprint density at radius 1 is 1.28 bits per heavy atom. The van der Waals surface area contributed by atoms with Crippen LogP contribution in [0.1, 0.15) is 19.4 Å². The standard InChI is InChI=1S/C14H21NO3/c1-10(2)6-15-7-11-3-4-13-14(5-11)18-9-12(16)8-17-13/h3-5,10,12,15-16H,6-9H2,1-2H3/t12-/m1/s1. The van der Waals surface area contributed by atoms with E-state index in [-0.39, 0.29) is 13.2 Å². The van der Waals surface area contributed by atoms with Crippen molar-refractivity contribution in [1.29, 1.82) is 0 Å². The van der Waals surface area contributed by atoms with Gasteiger partial charge >= 0.3 is 0 Å². The number of nitrogens with one attached hydrogen (secondary N) is 1. The minimum absolute atomic E-state index is 0.288. The third kappa shape index (κ3) is 3.62. The number of hydrogen-bond donors (Lipinski definition) is 2. The molecule has 1 atom stereocenters. The van der Waals surface area contributed by atoms with Crippen LogP contribution in [0.4, 0.5) is 0 Å². The van der Waals surface area contributed by atoms with Gasteiger partial charge in [-0.3, -0.25) is 0 Å². The molecule has 0 aromatic heterocycles. The average Bonchev–Trinajstić information content (AvgIpc) is 2.51. The smallest absolute Gasteiger partial charge is 0.161 e. The van der Waals surface area contributed by atoms with Crippen LogP contribution in [0.2, 0.25) is 0 Å². The first-order chi connectivity index (χ1) is 8.65. The average molecular weight is 251 g/mol. The number of aliphatic hydroxyl groups excluding tert-OH is 1. The van der Waals surface area contributed by atoms with Gasteiger partial charge in [-0.1, -0.05) is 19.9 Å². The molecule has 0 unspecified atom stereocenters. The first kappa shape index (κ1) is 13.2. The van der Waals surface area contributed by atoms with Gasteiger partial charge in [0, 0.05) is 6.54 Å². The van der Waals surface area contributed by atoms with Gasteiger partial charge in [-0.25, -0.2) is 0 Å². The molecule has 0 fully saturated rings. The van der Waals surface area contributed by atoms with Crippen LogP contribution in [0.5, 0.6) is 11.5 Å². The maximum atomic E-state index is 9.47. The molecule has 1 aromatic rings. The number of hydrogen-bond acceptors (Lipinski definition) is 4. The molecule has 100 valence electrons. The molecule has 2 N–H and O–H groups in total. The van der Waals surface area contributed by atoms with Crippen molar-refractivity contribution in [2.45, 2.75) is 26.5 Å². The first-order valence-electron chi connectivity index (χ1n) is 6.42. The van der Waals surface area contributed by atoms with Gasteiger partial charge in [0.25, 0.3) is 0 Å². The summed E-state index contributed by atoms with van der Waals surface area (Å²) in [5, 5.41) is 12.9. The van der Waals surface area contributed by atoms with Crippen molar-refractivity contribution in [3.8, 4) is 11.5 Å². The molecule has 0 radical (unpaired) electrons. The number of ether oxygens (including phenoxy) is 2. The van der Waals surface area contributed by atoms with E-state index in [1.807, 2.05) is 18.2 Å². The zero-order valence-electron chi connectivity index (χ0n) is 11.0. The fourth-order valence-electron chi connectivity index (χ4n) is 1.82. The van der Waals surface area contributed by atoms with E-state index in [2.05, 4.69) is 19.2 Å². The molecule has 1 aliphatic heterocycles. The van der Waals surface area contributed by atoms with Gasteiger partial charge in [0.2, 0.25) is 0 Å². The second-order valence-electron chi connectivity index (χ2n) is 5.08. The van der Waals surface area contributed by atoms with Crippen LogP contribution in [0.3, 0.4) is 0 Å². The maximum Gasteiger partial charge on any atom is 0.161 e. The molecule has 0 saturated carbocycles. The first-order valence-corrected chi connectivity index (χ1v) is 6.42.